The number of furan rings is 1. The van der Waals surface area contributed by atoms with Gasteiger partial charge in [0.1, 0.15) is 10.7 Å². The van der Waals surface area contributed by atoms with E-state index in [4.69, 9.17) is 9.52 Å². The molecule has 0 atom stereocenters. The van der Waals surface area contributed by atoms with Crippen molar-refractivity contribution in [2.24, 2.45) is 0 Å². The number of carbonyl (C=O) groups is 1. The van der Waals surface area contributed by atoms with Gasteiger partial charge in [-0.3, -0.25) is 9.82 Å². The van der Waals surface area contributed by atoms with Gasteiger partial charge in [0, 0.05) is 17.8 Å². The molecule has 0 saturated heterocycles. The number of aromatic nitrogens is 2. The molecule has 0 aromatic carbocycles. The largest absolute Gasteiger partial charge is 0.475 e. The molecule has 21 heavy (non-hydrogen) atoms. The number of carboxylic acid groups (broad SMARTS) is 1. The Morgan fingerprint density at radius 2 is 2.10 bits per heavy atom. The van der Waals surface area contributed by atoms with Crippen LogP contribution in [0.1, 0.15) is 41.8 Å². The molecule has 0 spiro atoms. The Balaban J connectivity index is 2.31. The molecule has 0 fully saturated rings. The monoisotopic (exact) mass is 313 g/mol. The Morgan fingerprint density at radius 3 is 2.57 bits per heavy atom. The standard InChI is InChI=1S/C12H15N3O5S/c1-6(2)8-4-11(14-13-8)15-21(18,19)10-5-9(12(16)17)20-7(10)3/h4-6H,1-3H3,(H,16,17)(H2,13,14,15). The van der Waals surface area contributed by atoms with Crippen LogP contribution >= 0.6 is 0 Å². The molecule has 8 nitrogen and oxygen atoms in total. The van der Waals surface area contributed by atoms with Crippen LogP contribution in [-0.4, -0.2) is 29.7 Å². The number of sulfonamides is 1. The summed E-state index contributed by atoms with van der Waals surface area (Å²) in [5, 5.41) is 15.4. The summed E-state index contributed by atoms with van der Waals surface area (Å²) in [5.41, 5.74) is 0.780. The van der Waals surface area contributed by atoms with Gasteiger partial charge in [-0.2, -0.15) is 5.10 Å². The molecule has 0 aliphatic carbocycles. The van der Waals surface area contributed by atoms with Crippen LogP contribution < -0.4 is 4.72 Å². The lowest BCUT2D eigenvalue weighted by molar-refractivity contribution is 0.0661. The van der Waals surface area contributed by atoms with E-state index >= 15 is 0 Å². The SMILES string of the molecule is Cc1oc(C(=O)O)cc1S(=O)(=O)Nc1cc(C(C)C)[nH]n1. The van der Waals surface area contributed by atoms with Crippen molar-refractivity contribution in [1.82, 2.24) is 10.2 Å². The molecule has 0 bridgehead atoms. The second-order valence-corrected chi connectivity index (χ2v) is 6.46. The molecule has 0 aliphatic heterocycles. The van der Waals surface area contributed by atoms with Gasteiger partial charge >= 0.3 is 5.97 Å². The minimum atomic E-state index is -3.96. The van der Waals surface area contributed by atoms with Crippen LogP contribution in [0, 0.1) is 6.92 Å². The zero-order valence-corrected chi connectivity index (χ0v) is 12.5. The van der Waals surface area contributed by atoms with E-state index in [2.05, 4.69) is 14.9 Å². The highest BCUT2D eigenvalue weighted by Gasteiger charge is 2.24. The first-order chi connectivity index (χ1) is 9.70. The minimum absolute atomic E-state index is 0.000446. The lowest BCUT2D eigenvalue weighted by Crippen LogP contribution is -2.13. The number of nitrogens with zero attached hydrogens (tertiary/aromatic N) is 1. The van der Waals surface area contributed by atoms with Gasteiger partial charge in [0.2, 0.25) is 5.76 Å². The van der Waals surface area contributed by atoms with E-state index in [0.29, 0.717) is 0 Å². The zero-order valence-electron chi connectivity index (χ0n) is 11.7. The normalized spacial score (nSPS) is 11.8. The topological polar surface area (TPSA) is 125 Å². The Hall–Kier alpha value is -2.29. The molecule has 9 heteroatoms. The summed E-state index contributed by atoms with van der Waals surface area (Å²) in [6, 6.07) is 2.55. The van der Waals surface area contributed by atoms with Gasteiger partial charge in [-0.1, -0.05) is 13.8 Å². The molecule has 0 radical (unpaired) electrons. The van der Waals surface area contributed by atoms with Gasteiger partial charge in [0.25, 0.3) is 10.0 Å². The minimum Gasteiger partial charge on any atom is -0.475 e. The van der Waals surface area contributed by atoms with Gasteiger partial charge in [-0.15, -0.1) is 0 Å². The maximum atomic E-state index is 12.2. The summed E-state index contributed by atoms with van der Waals surface area (Å²) in [5.74, 6) is -1.46. The van der Waals surface area contributed by atoms with Crippen molar-refractivity contribution in [2.45, 2.75) is 31.6 Å². The number of hydrogen-bond donors (Lipinski definition) is 3. The van der Waals surface area contributed by atoms with Crippen molar-refractivity contribution in [3.05, 3.63) is 29.3 Å². The maximum Gasteiger partial charge on any atom is 0.371 e. The van der Waals surface area contributed by atoms with Crippen LogP contribution in [0.2, 0.25) is 0 Å². The molecule has 0 amide bonds. The number of aromatic carboxylic acids is 1. The smallest absolute Gasteiger partial charge is 0.371 e. The van der Waals surface area contributed by atoms with Crippen molar-refractivity contribution in [2.75, 3.05) is 4.72 Å². The fraction of sp³-hybridized carbons (Fsp3) is 0.333. The summed E-state index contributed by atoms with van der Waals surface area (Å²) >= 11 is 0. The highest BCUT2D eigenvalue weighted by molar-refractivity contribution is 7.92. The van der Waals surface area contributed by atoms with Crippen LogP contribution in [-0.2, 0) is 10.0 Å². The molecule has 2 aromatic heterocycles. The number of aryl methyl sites for hydroxylation is 1. The van der Waals surface area contributed by atoms with E-state index in [1.807, 2.05) is 13.8 Å². The Labute approximate surface area is 121 Å². The first-order valence-corrected chi connectivity index (χ1v) is 7.61. The van der Waals surface area contributed by atoms with Crippen LogP contribution in [0.15, 0.2) is 21.4 Å². The molecule has 114 valence electrons. The Kier molecular flexibility index (Phi) is 3.77. The van der Waals surface area contributed by atoms with Crippen LogP contribution in [0.5, 0.6) is 0 Å². The zero-order chi connectivity index (χ0) is 15.8. The highest BCUT2D eigenvalue weighted by Crippen LogP contribution is 2.23. The fourth-order valence-corrected chi connectivity index (χ4v) is 2.89. The number of aromatic amines is 1. The average Bonchev–Trinajstić information content (AvgIpc) is 2.95. The number of anilines is 1. The highest BCUT2D eigenvalue weighted by atomic mass is 32.2. The Morgan fingerprint density at radius 1 is 1.43 bits per heavy atom. The summed E-state index contributed by atoms with van der Waals surface area (Å²) in [6.07, 6.45) is 0. The Bertz CT molecular complexity index is 773. The van der Waals surface area contributed by atoms with Gasteiger partial charge in [0.15, 0.2) is 5.82 Å². The first-order valence-electron chi connectivity index (χ1n) is 6.12. The third-order valence-electron chi connectivity index (χ3n) is 2.83. The predicted molar refractivity (Wildman–Crippen MR) is 73.9 cm³/mol. The van der Waals surface area contributed by atoms with Crippen molar-refractivity contribution in [3.8, 4) is 0 Å². The van der Waals surface area contributed by atoms with Gasteiger partial charge < -0.3 is 9.52 Å². The van der Waals surface area contributed by atoms with Crippen molar-refractivity contribution >= 4 is 21.8 Å². The van der Waals surface area contributed by atoms with E-state index in [0.717, 1.165) is 11.8 Å². The molecular formula is C12H15N3O5S. The van der Waals surface area contributed by atoms with Crippen molar-refractivity contribution in [1.29, 1.82) is 0 Å². The third-order valence-corrected chi connectivity index (χ3v) is 4.29. The lowest BCUT2D eigenvalue weighted by atomic mass is 10.1. The van der Waals surface area contributed by atoms with E-state index in [9.17, 15) is 13.2 Å². The van der Waals surface area contributed by atoms with Crippen LogP contribution in [0.25, 0.3) is 0 Å². The second-order valence-electron chi connectivity index (χ2n) is 4.80. The van der Waals surface area contributed by atoms with Crippen LogP contribution in [0.3, 0.4) is 0 Å². The summed E-state index contributed by atoms with van der Waals surface area (Å²) < 4.78 is 31.6. The van der Waals surface area contributed by atoms with Crippen LogP contribution in [0.4, 0.5) is 5.82 Å². The fourth-order valence-electron chi connectivity index (χ4n) is 1.71. The van der Waals surface area contributed by atoms with Gasteiger partial charge in [0.05, 0.1) is 0 Å². The molecule has 2 heterocycles. The molecule has 2 rings (SSSR count). The number of rotatable bonds is 5. The summed E-state index contributed by atoms with van der Waals surface area (Å²) in [4.78, 5) is 10.6. The maximum absolute atomic E-state index is 12.2. The average molecular weight is 313 g/mol. The third kappa shape index (κ3) is 3.07. The van der Waals surface area contributed by atoms with E-state index < -0.39 is 21.8 Å². The van der Waals surface area contributed by atoms with Gasteiger partial charge in [-0.25, -0.2) is 13.2 Å². The molecule has 0 aliphatic rings. The quantitative estimate of drug-likeness (QED) is 0.774. The lowest BCUT2D eigenvalue weighted by Gasteiger charge is -2.03. The van der Waals surface area contributed by atoms with Crippen molar-refractivity contribution < 1.29 is 22.7 Å². The molecule has 0 saturated carbocycles. The van der Waals surface area contributed by atoms with E-state index in [-0.39, 0.29) is 22.4 Å². The molecule has 2 aromatic rings. The number of hydrogen-bond acceptors (Lipinski definition) is 5. The molecule has 3 N–H and O–H groups in total. The molecular weight excluding hydrogens is 298 g/mol. The summed E-state index contributed by atoms with van der Waals surface area (Å²) in [7, 11) is -3.96. The van der Waals surface area contributed by atoms with Crippen molar-refractivity contribution in [3.63, 3.8) is 0 Å². The number of H-pyrrole nitrogens is 1. The van der Waals surface area contributed by atoms with Gasteiger partial charge in [-0.05, 0) is 12.8 Å². The number of carboxylic acids is 1. The van der Waals surface area contributed by atoms with E-state index in [1.165, 1.54) is 6.92 Å². The molecule has 0 unspecified atom stereocenters. The number of nitrogens with one attached hydrogen (secondary N) is 2. The van der Waals surface area contributed by atoms with E-state index in [1.54, 1.807) is 6.07 Å². The summed E-state index contributed by atoms with van der Waals surface area (Å²) in [6.45, 7) is 5.25. The first kappa shape index (κ1) is 15.1. The predicted octanol–water partition coefficient (Wildman–Crippen LogP) is 1.93. The second kappa shape index (κ2) is 5.24.